The molecule has 0 saturated carbocycles. The molecule has 0 aliphatic heterocycles. The summed E-state index contributed by atoms with van der Waals surface area (Å²) in [6, 6.07) is -3.59. The Morgan fingerprint density at radius 1 is 0.227 bits per heavy atom. The Bertz CT molecular complexity index is 1770. The van der Waals surface area contributed by atoms with Crippen molar-refractivity contribution < 1.29 is 38.4 Å². The molecule has 22 heteroatoms. The van der Waals surface area contributed by atoms with Gasteiger partial charge in [-0.2, -0.15) is 0 Å². The van der Waals surface area contributed by atoms with Crippen LogP contribution in [0.5, 0.6) is 0 Å². The van der Waals surface area contributed by atoms with Crippen molar-refractivity contribution in [2.24, 2.45) is 40.1 Å². The van der Waals surface area contributed by atoms with E-state index in [0.29, 0.717) is 136 Å². The second kappa shape index (κ2) is 61.4. The lowest BCUT2D eigenvalue weighted by Gasteiger charge is -2.23. The van der Waals surface area contributed by atoms with Crippen LogP contribution in [0, 0.1) is 0 Å². The molecule has 0 unspecified atom stereocenters. The Labute approximate surface area is 532 Å². The largest absolute Gasteiger partial charge is 0.368 e. The lowest BCUT2D eigenvalue weighted by molar-refractivity contribution is -0.132. The van der Waals surface area contributed by atoms with Gasteiger partial charge in [0.15, 0.2) is 0 Å². The van der Waals surface area contributed by atoms with Gasteiger partial charge >= 0.3 is 0 Å². The van der Waals surface area contributed by atoms with Gasteiger partial charge in [-0.3, -0.25) is 38.4 Å². The fraction of sp³-hybridized carbons (Fsp3) is 0.879. The van der Waals surface area contributed by atoms with Gasteiger partial charge in [-0.05, 0) is 174 Å². The van der Waals surface area contributed by atoms with Crippen LogP contribution in [-0.4, -0.2) is 130 Å². The molecule has 0 bridgehead atoms. The van der Waals surface area contributed by atoms with Crippen molar-refractivity contribution in [3.05, 3.63) is 0 Å². The lowest BCUT2D eigenvalue weighted by Crippen LogP contribution is -2.53. The van der Waals surface area contributed by atoms with Crippen molar-refractivity contribution in [2.75, 3.05) is 52.4 Å². The van der Waals surface area contributed by atoms with Crippen molar-refractivity contribution in [1.29, 1.82) is 0 Å². The number of carbonyl (C=O) groups is 8. The van der Waals surface area contributed by atoms with Crippen molar-refractivity contribution in [3.8, 4) is 0 Å². The highest BCUT2D eigenvalue weighted by Crippen LogP contribution is 2.16. The number of carbonyl (C=O) groups excluding carboxylic acids is 8. The first-order valence-corrected chi connectivity index (χ1v) is 35.3. The first-order chi connectivity index (χ1) is 42.8. The third-order valence-corrected chi connectivity index (χ3v) is 16.4. The summed E-state index contributed by atoms with van der Waals surface area (Å²) in [6.07, 6.45) is 37.9. The van der Waals surface area contributed by atoms with Gasteiger partial charge < -0.3 is 77.4 Å². The van der Waals surface area contributed by atoms with Crippen LogP contribution in [0.15, 0.2) is 0 Å². The topological polar surface area (TPSA) is 403 Å². The number of nitrogens with one attached hydrogen (secondary N) is 7. The van der Waals surface area contributed by atoms with Crippen molar-refractivity contribution in [2.45, 2.75) is 319 Å². The zero-order chi connectivity index (χ0) is 64.9. The summed E-state index contributed by atoms with van der Waals surface area (Å²) in [5.74, 6) is -2.14. The average Bonchev–Trinajstić information content (AvgIpc) is 3.63. The summed E-state index contributed by atoms with van der Waals surface area (Å²) in [5.41, 5.74) is 39.6. The van der Waals surface area contributed by atoms with Crippen LogP contribution in [0.25, 0.3) is 0 Å². The number of amides is 8. The van der Waals surface area contributed by atoms with Crippen LogP contribution in [-0.2, 0) is 38.4 Å². The monoisotopic (exact) mass is 1250 g/mol. The molecular formula is C66H132N14O8. The minimum atomic E-state index is -0.769. The molecule has 0 saturated heterocycles. The molecule has 8 amide bonds. The van der Waals surface area contributed by atoms with E-state index >= 15 is 0 Å². The molecule has 0 rings (SSSR count). The number of rotatable bonds is 65. The molecule has 5 atom stereocenters. The van der Waals surface area contributed by atoms with Crippen molar-refractivity contribution in [3.63, 3.8) is 0 Å². The first-order valence-electron chi connectivity index (χ1n) is 35.3. The van der Waals surface area contributed by atoms with Crippen LogP contribution < -0.4 is 77.4 Å². The maximum atomic E-state index is 13.7. The number of primary amides is 1. The van der Waals surface area contributed by atoms with Crippen LogP contribution in [0.1, 0.15) is 289 Å². The summed E-state index contributed by atoms with van der Waals surface area (Å²) in [4.78, 5) is 104. The molecule has 0 aromatic rings. The fourth-order valence-electron chi connectivity index (χ4n) is 10.8. The molecule has 88 heavy (non-hydrogen) atoms. The van der Waals surface area contributed by atoms with Gasteiger partial charge in [0.05, 0.1) is 0 Å². The highest BCUT2D eigenvalue weighted by atomic mass is 16.2. The Hall–Kier alpha value is -4.48. The predicted octanol–water partition coefficient (Wildman–Crippen LogP) is 6.43. The molecule has 0 aliphatic rings. The van der Waals surface area contributed by atoms with Crippen LogP contribution in [0.4, 0.5) is 0 Å². The molecule has 0 aromatic heterocycles. The Kier molecular flexibility index (Phi) is 58.3. The normalized spacial score (nSPS) is 13.0. The van der Waals surface area contributed by atoms with E-state index in [2.05, 4.69) is 37.2 Å². The van der Waals surface area contributed by atoms with Gasteiger partial charge in [0.2, 0.25) is 47.3 Å². The standard InChI is InChI=1S/C66H132N14O8/c67-46-30-19-13-7-1-4-10-17-23-44-60(82)77-57(41-28-34-50-71)65(87)79-55(39-26-32-48-69)64(86)75-53-37-21-15-9-3-6-12-18-24-45-61(83)78-58(42-29-35-51-72)66(88)80-56(40-27-33-49-70)63(85)74-52-36-20-14-8-2-5-11-16-22-43-59(81)76-54(62(73)84)38-25-31-47-68/h54-58H,1-53,67-72H2,(H2,73,84)(H,74,85)(H,75,86)(H,76,81)(H,77,82)(H,78,83)(H,79,87)(H,80,88)/t54-,55-,56-,57-,58-/m0/s1. The highest BCUT2D eigenvalue weighted by molar-refractivity contribution is 5.93. The molecule has 0 spiro atoms. The van der Waals surface area contributed by atoms with E-state index < -0.39 is 36.1 Å². The van der Waals surface area contributed by atoms with Crippen LogP contribution in [0.3, 0.4) is 0 Å². The van der Waals surface area contributed by atoms with Crippen molar-refractivity contribution >= 4 is 47.3 Å². The maximum Gasteiger partial charge on any atom is 0.243 e. The molecular weight excluding hydrogens is 1120 g/mol. The number of hydrogen-bond donors (Lipinski definition) is 14. The molecule has 0 heterocycles. The second-order valence-corrected chi connectivity index (χ2v) is 24.5. The van der Waals surface area contributed by atoms with Gasteiger partial charge in [-0.15, -0.1) is 0 Å². The Balaban J connectivity index is 4.72. The van der Waals surface area contributed by atoms with Crippen LogP contribution in [0.2, 0.25) is 0 Å². The molecule has 514 valence electrons. The van der Waals surface area contributed by atoms with Gasteiger partial charge in [0, 0.05) is 32.4 Å². The van der Waals surface area contributed by atoms with Gasteiger partial charge in [-0.25, -0.2) is 0 Å². The first kappa shape index (κ1) is 83.5. The van der Waals surface area contributed by atoms with E-state index in [1.807, 2.05) is 0 Å². The molecule has 0 aliphatic carbocycles. The minimum absolute atomic E-state index is 0.141. The second-order valence-electron chi connectivity index (χ2n) is 24.5. The summed E-state index contributed by atoms with van der Waals surface area (Å²) < 4.78 is 0. The summed E-state index contributed by atoms with van der Waals surface area (Å²) >= 11 is 0. The van der Waals surface area contributed by atoms with E-state index in [9.17, 15) is 38.4 Å². The molecule has 0 aromatic carbocycles. The molecule has 0 fully saturated rings. The number of unbranched alkanes of at least 4 members (excludes halogenated alkanes) is 29. The summed E-state index contributed by atoms with van der Waals surface area (Å²) in [6.45, 7) is 4.26. The minimum Gasteiger partial charge on any atom is -0.368 e. The van der Waals surface area contributed by atoms with Crippen LogP contribution >= 0.6 is 0 Å². The number of hydrogen-bond acceptors (Lipinski definition) is 14. The van der Waals surface area contributed by atoms with E-state index in [4.69, 9.17) is 40.1 Å². The number of nitrogens with two attached hydrogens (primary N) is 7. The SMILES string of the molecule is NCCCCCCCCCCCC(=O)N[C@@H](CCCCN)C(=O)N[C@@H](CCCCN)C(=O)NCCCCCCCCCCCC(=O)N[C@@H](CCCCN)C(=O)N[C@@H](CCCCN)C(=O)NCCCCCCCCCCCC(=O)N[C@@H](CCCCN)C(N)=O. The summed E-state index contributed by atoms with van der Waals surface area (Å²) in [5, 5.41) is 20.6. The Morgan fingerprint density at radius 3 is 0.693 bits per heavy atom. The van der Waals surface area contributed by atoms with E-state index in [1.54, 1.807) is 0 Å². The lowest BCUT2D eigenvalue weighted by atomic mass is 10.0. The van der Waals surface area contributed by atoms with Crippen molar-refractivity contribution in [1.82, 2.24) is 37.2 Å². The zero-order valence-electron chi connectivity index (χ0n) is 55.2. The quantitative estimate of drug-likeness (QED) is 0.0292. The van der Waals surface area contributed by atoms with Gasteiger partial charge in [-0.1, -0.05) is 135 Å². The van der Waals surface area contributed by atoms with E-state index in [-0.39, 0.29) is 41.4 Å². The average molecular weight is 1250 g/mol. The van der Waals surface area contributed by atoms with Gasteiger partial charge in [0.1, 0.15) is 30.2 Å². The fourth-order valence-corrected chi connectivity index (χ4v) is 10.8. The van der Waals surface area contributed by atoms with E-state index in [0.717, 1.165) is 180 Å². The third kappa shape index (κ3) is 50.3. The Morgan fingerprint density at radius 2 is 0.432 bits per heavy atom. The highest BCUT2D eigenvalue weighted by Gasteiger charge is 2.28. The molecule has 22 nitrogen and oxygen atoms in total. The predicted molar refractivity (Wildman–Crippen MR) is 357 cm³/mol. The zero-order valence-corrected chi connectivity index (χ0v) is 55.2. The smallest absolute Gasteiger partial charge is 0.243 e. The summed E-state index contributed by atoms with van der Waals surface area (Å²) in [7, 11) is 0. The van der Waals surface area contributed by atoms with E-state index in [1.165, 1.54) is 25.7 Å². The van der Waals surface area contributed by atoms with Gasteiger partial charge in [0.25, 0.3) is 0 Å². The molecule has 21 N–H and O–H groups in total. The maximum absolute atomic E-state index is 13.7. The molecule has 0 radical (unpaired) electrons. The third-order valence-electron chi connectivity index (χ3n) is 16.4.